The summed E-state index contributed by atoms with van der Waals surface area (Å²) < 4.78 is 61.8. The van der Waals surface area contributed by atoms with Crippen LogP contribution in [0.25, 0.3) is 10.9 Å². The number of aromatic nitrogens is 1. The number of carbonyl (C=O) groups excluding carboxylic acids is 1. The fraction of sp³-hybridized carbons (Fsp3) is 0.281. The van der Waals surface area contributed by atoms with Gasteiger partial charge < -0.3 is 25.4 Å². The third kappa shape index (κ3) is 11.1. The molecule has 0 saturated heterocycles. The largest absolute Gasteiger partial charge is 0.490 e. The van der Waals surface area contributed by atoms with Crippen molar-refractivity contribution in [1.82, 2.24) is 9.88 Å². The number of anilines is 2. The van der Waals surface area contributed by atoms with Gasteiger partial charge in [-0.3, -0.25) is 9.52 Å². The number of β-amino-alcohol motifs (C(OH)–C–C–N with tert-alkyl or cyclic N) is 1. The summed E-state index contributed by atoms with van der Waals surface area (Å²) in [6, 6.07) is 24.4. The molecule has 0 aliphatic rings. The van der Waals surface area contributed by atoms with E-state index >= 15 is 0 Å². The number of fused-ring (bicyclic) bond motifs is 1. The van der Waals surface area contributed by atoms with Gasteiger partial charge in [0, 0.05) is 47.1 Å². The van der Waals surface area contributed by atoms with Gasteiger partial charge in [-0.2, -0.15) is 18.4 Å². The average Bonchev–Trinajstić information content (AvgIpc) is 3.41. The third-order valence-corrected chi connectivity index (χ3v) is 8.26. The van der Waals surface area contributed by atoms with Gasteiger partial charge in [0.15, 0.2) is 0 Å². The Morgan fingerprint density at radius 3 is 2.30 bits per heavy atom. The summed E-state index contributed by atoms with van der Waals surface area (Å²) in [7, 11) is -3.73. The van der Waals surface area contributed by atoms with Crippen LogP contribution in [0.15, 0.2) is 90.0 Å². The minimum Gasteiger partial charge on any atom is -0.475 e. The Labute approximate surface area is 269 Å². The molecule has 11 nitrogen and oxygen atoms in total. The molecule has 47 heavy (non-hydrogen) atoms. The van der Waals surface area contributed by atoms with E-state index in [0.29, 0.717) is 23.5 Å². The van der Waals surface area contributed by atoms with Crippen LogP contribution in [0.3, 0.4) is 0 Å². The summed E-state index contributed by atoms with van der Waals surface area (Å²) in [4.78, 5) is 20.8. The van der Waals surface area contributed by atoms with Crippen LogP contribution in [0.5, 0.6) is 0 Å². The number of alkyl halides is 3. The molecule has 0 fully saturated rings. The minimum absolute atomic E-state index is 0.169. The predicted molar refractivity (Wildman–Crippen MR) is 170 cm³/mol. The van der Waals surface area contributed by atoms with E-state index in [4.69, 9.17) is 15.2 Å². The molecule has 0 radical (unpaired) electrons. The van der Waals surface area contributed by atoms with E-state index in [1.165, 1.54) is 12.1 Å². The molecule has 15 heteroatoms. The topological polar surface area (TPSA) is 174 Å². The molecule has 0 aliphatic heterocycles. The number of rotatable bonds is 12. The van der Waals surface area contributed by atoms with E-state index in [0.717, 1.165) is 23.9 Å². The van der Waals surface area contributed by atoms with Crippen LogP contribution < -0.4 is 15.4 Å². The third-order valence-electron chi connectivity index (χ3n) is 6.87. The first-order valence-electron chi connectivity index (χ1n) is 14.2. The summed E-state index contributed by atoms with van der Waals surface area (Å²) in [6.07, 6.45) is -3.32. The number of aryl methyl sites for hydroxylation is 1. The van der Waals surface area contributed by atoms with Crippen LogP contribution in [0, 0.1) is 11.3 Å². The maximum atomic E-state index is 12.7. The average molecular weight is 674 g/mol. The second kappa shape index (κ2) is 15.6. The van der Waals surface area contributed by atoms with E-state index in [2.05, 4.69) is 33.8 Å². The maximum absolute atomic E-state index is 12.7. The highest BCUT2D eigenvalue weighted by atomic mass is 32.2. The Hall–Kier alpha value is -4.91. The number of carboxylic acids is 1. The standard InChI is InChI=1S/C30H33N5O4S.C2HF3O2/c1-30(2,15-18-35-17-14-22-19-24(11-12-27(22)35)33-29(37)13-16-31)32-21-28(36)23-7-6-8-25(20-23)34-40(38,39)26-9-4-3-5-10-26;3-2(4,5)1(6)7/h3-12,14,17,19-20,28,32,34,36H,13,15,18,21H2,1-2H3,(H,33,37);(H,6,7)/t28-;/m0./s1. The molecule has 4 rings (SSSR count). The molecule has 0 aliphatic carbocycles. The van der Waals surface area contributed by atoms with Gasteiger partial charge in [0.05, 0.1) is 17.1 Å². The molecule has 0 spiro atoms. The second-order valence-electron chi connectivity index (χ2n) is 11.0. The molecule has 250 valence electrons. The molecule has 1 aromatic heterocycles. The number of nitriles is 1. The van der Waals surface area contributed by atoms with Gasteiger partial charge in [-0.15, -0.1) is 0 Å². The van der Waals surface area contributed by atoms with Crippen LogP contribution in [-0.2, 0) is 26.2 Å². The molecule has 0 bridgehead atoms. The van der Waals surface area contributed by atoms with E-state index in [9.17, 15) is 31.5 Å². The van der Waals surface area contributed by atoms with Crippen LogP contribution >= 0.6 is 0 Å². The van der Waals surface area contributed by atoms with Crippen LogP contribution in [-0.4, -0.2) is 53.3 Å². The lowest BCUT2D eigenvalue weighted by Crippen LogP contribution is -2.42. The quantitative estimate of drug-likeness (QED) is 0.133. The van der Waals surface area contributed by atoms with Gasteiger partial charge >= 0.3 is 12.1 Å². The van der Waals surface area contributed by atoms with Crippen molar-refractivity contribution in [1.29, 1.82) is 5.26 Å². The fourth-order valence-electron chi connectivity index (χ4n) is 4.35. The summed E-state index contributed by atoms with van der Waals surface area (Å²) in [5.41, 5.74) is 2.37. The SMILES string of the molecule is CC(C)(CCn1ccc2cc(NC(=O)CC#N)ccc21)NC[C@H](O)c1cccc(NS(=O)(=O)c2ccccc2)c1.O=C(O)C(F)(F)F. The van der Waals surface area contributed by atoms with Gasteiger partial charge in [0.1, 0.15) is 6.42 Å². The van der Waals surface area contributed by atoms with Gasteiger partial charge in [0.25, 0.3) is 10.0 Å². The van der Waals surface area contributed by atoms with Gasteiger partial charge in [-0.1, -0.05) is 30.3 Å². The zero-order valence-electron chi connectivity index (χ0n) is 25.5. The number of carboxylic acid groups (broad SMARTS) is 1. The lowest BCUT2D eigenvalue weighted by atomic mass is 9.99. The van der Waals surface area contributed by atoms with E-state index in [1.807, 2.05) is 36.5 Å². The lowest BCUT2D eigenvalue weighted by Gasteiger charge is -2.28. The molecule has 1 atom stereocenters. The number of hydrogen-bond donors (Lipinski definition) is 5. The highest BCUT2D eigenvalue weighted by molar-refractivity contribution is 7.92. The Bertz CT molecular complexity index is 1840. The number of halogens is 3. The van der Waals surface area contributed by atoms with Crippen LogP contribution in [0.1, 0.15) is 38.4 Å². The smallest absolute Gasteiger partial charge is 0.475 e. The number of sulfonamides is 1. The van der Waals surface area contributed by atoms with Crippen molar-refractivity contribution in [3.63, 3.8) is 0 Å². The zero-order chi connectivity index (χ0) is 34.8. The fourth-order valence-corrected chi connectivity index (χ4v) is 5.42. The van der Waals surface area contributed by atoms with Crippen molar-refractivity contribution in [3.8, 4) is 6.07 Å². The van der Waals surface area contributed by atoms with E-state index < -0.39 is 28.3 Å². The van der Waals surface area contributed by atoms with Crippen molar-refractivity contribution in [2.45, 2.75) is 55.9 Å². The Balaban J connectivity index is 0.000000771. The number of amides is 1. The monoisotopic (exact) mass is 673 g/mol. The second-order valence-corrected chi connectivity index (χ2v) is 12.7. The highest BCUT2D eigenvalue weighted by Crippen LogP contribution is 2.24. The summed E-state index contributed by atoms with van der Waals surface area (Å²) in [6.45, 7) is 5.16. The molecule has 1 heterocycles. The number of nitrogens with zero attached hydrogens (tertiary/aromatic N) is 2. The molecule has 0 unspecified atom stereocenters. The number of aliphatic hydroxyl groups excluding tert-OH is 1. The summed E-state index contributed by atoms with van der Waals surface area (Å²) in [5, 5.41) is 33.8. The number of nitrogens with one attached hydrogen (secondary N) is 3. The van der Waals surface area contributed by atoms with Crippen LogP contribution in [0.2, 0.25) is 0 Å². The number of benzene rings is 3. The van der Waals surface area contributed by atoms with Crippen molar-refractivity contribution in [3.05, 3.63) is 90.6 Å². The molecule has 1 amide bonds. The summed E-state index contributed by atoms with van der Waals surface area (Å²) in [5.74, 6) is -3.09. The molecular formula is C32H34F3N5O6S. The normalized spacial score (nSPS) is 12.4. The molecule has 5 N–H and O–H groups in total. The maximum Gasteiger partial charge on any atom is 0.490 e. The first-order valence-corrected chi connectivity index (χ1v) is 15.7. The molecule has 3 aromatic carbocycles. The van der Waals surface area contributed by atoms with Crippen LogP contribution in [0.4, 0.5) is 24.5 Å². The van der Waals surface area contributed by atoms with E-state index in [1.54, 1.807) is 42.5 Å². The number of hydrogen-bond acceptors (Lipinski definition) is 7. The molecule has 4 aromatic rings. The van der Waals surface area contributed by atoms with Crippen molar-refractivity contribution >= 4 is 44.2 Å². The highest BCUT2D eigenvalue weighted by Gasteiger charge is 2.38. The number of carbonyl (C=O) groups is 2. The molecular weight excluding hydrogens is 639 g/mol. The first-order chi connectivity index (χ1) is 22.0. The van der Waals surface area contributed by atoms with Crippen molar-refractivity contribution in [2.75, 3.05) is 16.6 Å². The van der Waals surface area contributed by atoms with Gasteiger partial charge in [-0.25, -0.2) is 13.2 Å². The molecule has 0 saturated carbocycles. The zero-order valence-corrected chi connectivity index (χ0v) is 26.3. The predicted octanol–water partition coefficient (Wildman–Crippen LogP) is 5.42. The minimum atomic E-state index is -5.08. The Kier molecular flexibility index (Phi) is 12.1. The lowest BCUT2D eigenvalue weighted by molar-refractivity contribution is -0.192. The number of aliphatic hydroxyl groups is 1. The van der Waals surface area contributed by atoms with Gasteiger partial charge in [0.2, 0.25) is 5.91 Å². The summed E-state index contributed by atoms with van der Waals surface area (Å²) >= 11 is 0. The van der Waals surface area contributed by atoms with E-state index in [-0.39, 0.29) is 22.8 Å². The Morgan fingerprint density at radius 1 is 0.979 bits per heavy atom. The van der Waals surface area contributed by atoms with Crippen molar-refractivity contribution in [2.24, 2.45) is 0 Å². The Morgan fingerprint density at radius 2 is 1.66 bits per heavy atom. The van der Waals surface area contributed by atoms with Crippen molar-refractivity contribution < 1.29 is 41.4 Å². The first kappa shape index (κ1) is 36.6. The van der Waals surface area contributed by atoms with Gasteiger partial charge in [-0.05, 0) is 74.4 Å². The number of aliphatic carboxylic acids is 1.